The topological polar surface area (TPSA) is 104 Å². The Labute approximate surface area is 184 Å². The van der Waals surface area contributed by atoms with E-state index in [1.807, 2.05) is 31.2 Å². The minimum atomic E-state index is -0.219. The summed E-state index contributed by atoms with van der Waals surface area (Å²) in [6, 6.07) is 8.03. The molecule has 0 unspecified atom stereocenters. The number of aryl methyl sites for hydroxylation is 1. The van der Waals surface area contributed by atoms with Crippen LogP contribution in [0, 0.1) is 6.92 Å². The molecule has 0 aliphatic carbocycles. The quantitative estimate of drug-likeness (QED) is 0.623. The highest BCUT2D eigenvalue weighted by Gasteiger charge is 2.24. The van der Waals surface area contributed by atoms with Crippen LogP contribution in [-0.4, -0.2) is 68.0 Å². The van der Waals surface area contributed by atoms with E-state index >= 15 is 0 Å². The summed E-state index contributed by atoms with van der Waals surface area (Å²) in [5, 5.41) is 12.2. The van der Waals surface area contributed by atoms with Gasteiger partial charge in [-0.05, 0) is 12.5 Å². The van der Waals surface area contributed by atoms with Crippen LogP contribution in [0.25, 0.3) is 0 Å². The van der Waals surface area contributed by atoms with Crippen molar-refractivity contribution in [1.29, 1.82) is 0 Å². The molecule has 1 aliphatic heterocycles. The minimum absolute atomic E-state index is 0.101. The number of nitrogens with zero attached hydrogens (tertiary/aromatic N) is 6. The van der Waals surface area contributed by atoms with E-state index in [0.717, 1.165) is 23.7 Å². The van der Waals surface area contributed by atoms with E-state index in [1.165, 1.54) is 29.3 Å². The van der Waals surface area contributed by atoms with Crippen LogP contribution in [0.3, 0.4) is 0 Å². The molecule has 0 atom stereocenters. The lowest BCUT2D eigenvalue weighted by Crippen LogP contribution is -2.48. The lowest BCUT2D eigenvalue weighted by molar-refractivity contribution is 0.0622. The molecular weight excluding hydrogens is 414 g/mol. The second kappa shape index (κ2) is 9.71. The molecule has 3 aromatic rings. The second-order valence-corrected chi connectivity index (χ2v) is 8.39. The van der Waals surface area contributed by atoms with Gasteiger partial charge in [0.2, 0.25) is 5.01 Å². The molecule has 1 saturated heterocycles. The molecule has 9 nitrogen and oxygen atoms in total. The van der Waals surface area contributed by atoms with Gasteiger partial charge in [0.1, 0.15) is 10.7 Å². The molecule has 0 spiro atoms. The summed E-state index contributed by atoms with van der Waals surface area (Å²) in [5.74, 6) is -0.320. The first-order chi connectivity index (χ1) is 15.1. The number of aromatic nitrogens is 4. The van der Waals surface area contributed by atoms with E-state index in [4.69, 9.17) is 0 Å². The molecule has 0 bridgehead atoms. The van der Waals surface area contributed by atoms with Crippen molar-refractivity contribution in [1.82, 2.24) is 35.3 Å². The van der Waals surface area contributed by atoms with Gasteiger partial charge in [-0.15, -0.1) is 10.2 Å². The molecule has 1 aromatic carbocycles. The van der Waals surface area contributed by atoms with Crippen LogP contribution in [0.5, 0.6) is 0 Å². The van der Waals surface area contributed by atoms with Crippen LogP contribution in [0.15, 0.2) is 42.9 Å². The Hall–Kier alpha value is -3.24. The van der Waals surface area contributed by atoms with Gasteiger partial charge in [0.25, 0.3) is 11.8 Å². The van der Waals surface area contributed by atoms with Crippen molar-refractivity contribution in [3.05, 3.63) is 69.7 Å². The minimum Gasteiger partial charge on any atom is -0.346 e. The maximum absolute atomic E-state index is 12.5. The molecule has 10 heteroatoms. The maximum atomic E-state index is 12.5. The van der Waals surface area contributed by atoms with E-state index in [9.17, 15) is 9.59 Å². The Morgan fingerprint density at radius 3 is 2.55 bits per heavy atom. The highest BCUT2D eigenvalue weighted by molar-refractivity contribution is 7.13. The predicted octanol–water partition coefficient (Wildman–Crippen LogP) is 1.52. The van der Waals surface area contributed by atoms with Crippen molar-refractivity contribution in [3.63, 3.8) is 0 Å². The Morgan fingerprint density at radius 1 is 1.06 bits per heavy atom. The highest BCUT2D eigenvalue weighted by atomic mass is 32.1. The van der Waals surface area contributed by atoms with Gasteiger partial charge in [-0.2, -0.15) is 0 Å². The van der Waals surface area contributed by atoms with Gasteiger partial charge in [0.15, 0.2) is 0 Å². The number of amides is 2. The van der Waals surface area contributed by atoms with E-state index < -0.39 is 0 Å². The summed E-state index contributed by atoms with van der Waals surface area (Å²) < 4.78 is 0. The Balaban J connectivity index is 1.25. The van der Waals surface area contributed by atoms with Crippen molar-refractivity contribution in [3.8, 4) is 0 Å². The fourth-order valence-corrected chi connectivity index (χ4v) is 4.04. The number of piperazine rings is 1. The van der Waals surface area contributed by atoms with Gasteiger partial charge in [-0.25, -0.2) is 4.98 Å². The first kappa shape index (κ1) is 21.0. The average Bonchev–Trinajstić information content (AvgIpc) is 3.28. The van der Waals surface area contributed by atoms with Crippen LogP contribution in [0.2, 0.25) is 0 Å². The van der Waals surface area contributed by atoms with Crippen LogP contribution in [-0.2, 0) is 13.1 Å². The van der Waals surface area contributed by atoms with Crippen LogP contribution in [0.1, 0.15) is 36.4 Å². The summed E-state index contributed by atoms with van der Waals surface area (Å²) in [6.45, 7) is 5.75. The highest BCUT2D eigenvalue weighted by Crippen LogP contribution is 2.15. The number of carbonyl (C=O) groups excluding carboxylic acids is 2. The lowest BCUT2D eigenvalue weighted by Gasteiger charge is -2.33. The van der Waals surface area contributed by atoms with Gasteiger partial charge >= 0.3 is 0 Å². The van der Waals surface area contributed by atoms with Crippen molar-refractivity contribution < 1.29 is 9.59 Å². The van der Waals surface area contributed by atoms with Gasteiger partial charge in [-0.3, -0.25) is 19.5 Å². The van der Waals surface area contributed by atoms with Gasteiger partial charge in [0, 0.05) is 45.1 Å². The van der Waals surface area contributed by atoms with Crippen molar-refractivity contribution in [2.24, 2.45) is 0 Å². The zero-order valence-electron chi connectivity index (χ0n) is 17.2. The smallest absolute Gasteiger partial charge is 0.282 e. The van der Waals surface area contributed by atoms with Crippen molar-refractivity contribution in [2.45, 2.75) is 20.0 Å². The Bertz CT molecular complexity index is 1030. The summed E-state index contributed by atoms with van der Waals surface area (Å²) in [6.07, 6.45) is 4.56. The molecule has 2 amide bonds. The number of rotatable bonds is 6. The molecule has 2 aromatic heterocycles. The van der Waals surface area contributed by atoms with E-state index in [1.54, 1.807) is 11.1 Å². The fraction of sp³-hybridized carbons (Fsp3) is 0.333. The summed E-state index contributed by atoms with van der Waals surface area (Å²) in [4.78, 5) is 36.9. The zero-order chi connectivity index (χ0) is 21.6. The maximum Gasteiger partial charge on any atom is 0.282 e. The molecule has 4 rings (SSSR count). The van der Waals surface area contributed by atoms with E-state index in [0.29, 0.717) is 36.9 Å². The number of benzene rings is 1. The molecule has 31 heavy (non-hydrogen) atoms. The Morgan fingerprint density at radius 2 is 1.84 bits per heavy atom. The monoisotopic (exact) mass is 437 g/mol. The Kier molecular flexibility index (Phi) is 6.58. The van der Waals surface area contributed by atoms with Crippen molar-refractivity contribution in [2.75, 3.05) is 26.2 Å². The SMILES string of the molecule is Cc1ccc(CNC(=O)c2nnc(CN3CCN(C(=O)c4cnccn4)CC3)s2)cc1. The molecule has 1 N–H and O–H groups in total. The number of nitrogens with one attached hydrogen (secondary N) is 1. The van der Waals surface area contributed by atoms with Crippen LogP contribution < -0.4 is 5.32 Å². The molecule has 160 valence electrons. The summed E-state index contributed by atoms with van der Waals surface area (Å²) in [7, 11) is 0. The number of carbonyl (C=O) groups is 2. The predicted molar refractivity (Wildman–Crippen MR) is 115 cm³/mol. The lowest BCUT2D eigenvalue weighted by atomic mass is 10.1. The largest absolute Gasteiger partial charge is 0.346 e. The van der Waals surface area contributed by atoms with Gasteiger partial charge in [0.05, 0.1) is 12.7 Å². The van der Waals surface area contributed by atoms with E-state index in [2.05, 4.69) is 30.4 Å². The molecule has 3 heterocycles. The molecule has 1 fully saturated rings. The van der Waals surface area contributed by atoms with Crippen molar-refractivity contribution >= 4 is 23.2 Å². The van der Waals surface area contributed by atoms with E-state index in [-0.39, 0.29) is 11.8 Å². The normalized spacial score (nSPS) is 14.4. The summed E-state index contributed by atoms with van der Waals surface area (Å²) in [5.41, 5.74) is 2.58. The average molecular weight is 438 g/mol. The number of hydrogen-bond acceptors (Lipinski definition) is 8. The molecule has 1 aliphatic rings. The molecule has 0 saturated carbocycles. The third-order valence-corrected chi connectivity index (χ3v) is 5.94. The summed E-state index contributed by atoms with van der Waals surface area (Å²) >= 11 is 1.30. The number of hydrogen-bond donors (Lipinski definition) is 1. The third-order valence-electron chi connectivity index (χ3n) is 5.04. The van der Waals surface area contributed by atoms with Crippen LogP contribution >= 0.6 is 11.3 Å². The molecule has 0 radical (unpaired) electrons. The fourth-order valence-electron chi connectivity index (χ4n) is 3.25. The first-order valence-corrected chi connectivity index (χ1v) is 10.8. The first-order valence-electron chi connectivity index (χ1n) is 10.0. The van der Waals surface area contributed by atoms with Gasteiger partial charge < -0.3 is 10.2 Å². The van der Waals surface area contributed by atoms with Gasteiger partial charge in [-0.1, -0.05) is 41.2 Å². The molecular formula is C21H23N7O2S. The zero-order valence-corrected chi connectivity index (χ0v) is 18.0. The van der Waals surface area contributed by atoms with Crippen LogP contribution in [0.4, 0.5) is 0 Å². The standard InChI is InChI=1S/C21H23N7O2S/c1-15-2-4-16(5-3-15)12-24-19(29)20-26-25-18(31-20)14-27-8-10-28(11-9-27)21(30)17-13-22-6-7-23-17/h2-7,13H,8-12,14H2,1H3,(H,24,29). The second-order valence-electron chi connectivity index (χ2n) is 7.33. The third kappa shape index (κ3) is 5.47.